The van der Waals surface area contributed by atoms with Crippen LogP contribution in [0, 0.1) is 18.3 Å². The van der Waals surface area contributed by atoms with Gasteiger partial charge in [0.05, 0.1) is 6.54 Å². The molecule has 0 saturated carbocycles. The summed E-state index contributed by atoms with van der Waals surface area (Å²) in [6.07, 6.45) is 2.43. The van der Waals surface area contributed by atoms with Gasteiger partial charge in [0, 0.05) is 12.6 Å². The Morgan fingerprint density at radius 1 is 1.45 bits per heavy atom. The van der Waals surface area contributed by atoms with Gasteiger partial charge in [0.1, 0.15) is 23.5 Å². The smallest absolute Gasteiger partial charge is 0.268 e. The lowest BCUT2D eigenvalue weighted by atomic mass is 10.1. The van der Waals surface area contributed by atoms with Crippen LogP contribution in [-0.2, 0) is 13.0 Å². The molecule has 3 rings (SSSR count). The van der Waals surface area contributed by atoms with E-state index < -0.39 is 0 Å². The highest BCUT2D eigenvalue weighted by Gasteiger charge is 2.23. The predicted octanol–water partition coefficient (Wildman–Crippen LogP) is 2.03. The number of benzene rings is 1. The van der Waals surface area contributed by atoms with Gasteiger partial charge in [-0.1, -0.05) is 17.7 Å². The highest BCUT2D eigenvalue weighted by atomic mass is 16.5. The van der Waals surface area contributed by atoms with Crippen LogP contribution >= 0.6 is 0 Å². The summed E-state index contributed by atoms with van der Waals surface area (Å²) >= 11 is 0. The van der Waals surface area contributed by atoms with Crippen LogP contribution in [0.1, 0.15) is 16.7 Å². The summed E-state index contributed by atoms with van der Waals surface area (Å²) < 4.78 is 7.40. The van der Waals surface area contributed by atoms with Crippen molar-refractivity contribution in [1.82, 2.24) is 4.57 Å². The number of aryl methyl sites for hydroxylation is 1. The van der Waals surface area contributed by atoms with Crippen molar-refractivity contribution in [3.8, 4) is 11.8 Å². The van der Waals surface area contributed by atoms with Crippen molar-refractivity contribution < 1.29 is 4.74 Å². The second-order valence-corrected chi connectivity index (χ2v) is 5.05. The summed E-state index contributed by atoms with van der Waals surface area (Å²) in [5.74, 6) is 0.894. The molecule has 100 valence electrons. The molecule has 20 heavy (non-hydrogen) atoms. The monoisotopic (exact) mass is 266 g/mol. The fourth-order valence-electron chi connectivity index (χ4n) is 2.54. The van der Waals surface area contributed by atoms with Crippen molar-refractivity contribution in [3.05, 3.63) is 63.6 Å². The van der Waals surface area contributed by atoms with Crippen molar-refractivity contribution in [2.24, 2.45) is 0 Å². The van der Waals surface area contributed by atoms with Crippen molar-refractivity contribution in [3.63, 3.8) is 0 Å². The summed E-state index contributed by atoms with van der Waals surface area (Å²) in [4.78, 5) is 12.0. The molecule has 1 atom stereocenters. The molecular weight excluding hydrogens is 252 g/mol. The van der Waals surface area contributed by atoms with E-state index in [1.807, 2.05) is 18.2 Å². The van der Waals surface area contributed by atoms with E-state index >= 15 is 0 Å². The first-order valence-corrected chi connectivity index (χ1v) is 6.53. The second-order valence-electron chi connectivity index (χ2n) is 5.05. The fraction of sp³-hybridized carbons (Fsp3) is 0.250. The highest BCUT2D eigenvalue weighted by Crippen LogP contribution is 2.29. The molecular formula is C16H14N2O2. The molecule has 0 spiro atoms. The number of aromatic nitrogens is 1. The van der Waals surface area contributed by atoms with E-state index in [-0.39, 0.29) is 17.2 Å². The van der Waals surface area contributed by atoms with Crippen molar-refractivity contribution in [2.45, 2.75) is 26.0 Å². The van der Waals surface area contributed by atoms with Crippen molar-refractivity contribution in [1.29, 1.82) is 5.26 Å². The summed E-state index contributed by atoms with van der Waals surface area (Å²) in [5, 5.41) is 8.88. The van der Waals surface area contributed by atoms with Crippen LogP contribution < -0.4 is 10.3 Å². The molecule has 2 heterocycles. The SMILES string of the molecule is Cc1ccc2c(c1)CC(Cn1cccc(C#N)c1=O)O2. The number of pyridine rings is 1. The second kappa shape index (κ2) is 4.86. The molecule has 1 unspecified atom stereocenters. The zero-order valence-corrected chi connectivity index (χ0v) is 11.2. The van der Waals surface area contributed by atoms with Gasteiger partial charge in [-0.3, -0.25) is 4.79 Å². The molecule has 0 saturated heterocycles. The lowest BCUT2D eigenvalue weighted by Crippen LogP contribution is -2.29. The van der Waals surface area contributed by atoms with Crippen LogP contribution in [0.2, 0.25) is 0 Å². The Hall–Kier alpha value is -2.54. The molecule has 2 aromatic rings. The summed E-state index contributed by atoms with van der Waals surface area (Å²) in [5.41, 5.74) is 2.29. The molecule has 0 radical (unpaired) electrons. The predicted molar refractivity (Wildman–Crippen MR) is 74.7 cm³/mol. The van der Waals surface area contributed by atoms with Gasteiger partial charge >= 0.3 is 0 Å². The number of nitrogens with zero attached hydrogens (tertiary/aromatic N) is 2. The maximum absolute atomic E-state index is 12.0. The number of hydrogen-bond acceptors (Lipinski definition) is 3. The van der Waals surface area contributed by atoms with Crippen LogP contribution in [0.25, 0.3) is 0 Å². The quantitative estimate of drug-likeness (QED) is 0.835. The van der Waals surface area contributed by atoms with Crippen molar-refractivity contribution in [2.75, 3.05) is 0 Å². The van der Waals surface area contributed by atoms with Gasteiger partial charge in [0.2, 0.25) is 0 Å². The van der Waals surface area contributed by atoms with Gasteiger partial charge in [-0.2, -0.15) is 5.26 Å². The summed E-state index contributed by atoms with van der Waals surface area (Å²) in [6.45, 7) is 2.51. The largest absolute Gasteiger partial charge is 0.488 e. The van der Waals surface area contributed by atoms with E-state index in [0.29, 0.717) is 6.54 Å². The van der Waals surface area contributed by atoms with Crippen LogP contribution in [0.3, 0.4) is 0 Å². The Bertz CT molecular complexity index is 756. The Morgan fingerprint density at radius 3 is 3.10 bits per heavy atom. The summed E-state index contributed by atoms with van der Waals surface area (Å²) in [6, 6.07) is 11.3. The molecule has 0 amide bonds. The number of ether oxygens (including phenoxy) is 1. The third-order valence-electron chi connectivity index (χ3n) is 3.50. The van der Waals surface area contributed by atoms with Gasteiger partial charge in [-0.15, -0.1) is 0 Å². The Balaban J connectivity index is 1.82. The molecule has 1 aliphatic heterocycles. The first kappa shape index (κ1) is 12.5. The minimum atomic E-state index is -0.259. The molecule has 0 fully saturated rings. The van der Waals surface area contributed by atoms with Gasteiger partial charge in [0.25, 0.3) is 5.56 Å². The Morgan fingerprint density at radius 2 is 2.30 bits per heavy atom. The van der Waals surface area contributed by atoms with Crippen LogP contribution in [0.15, 0.2) is 41.3 Å². The molecule has 0 N–H and O–H groups in total. The van der Waals surface area contributed by atoms with E-state index in [1.165, 1.54) is 17.2 Å². The standard InChI is InChI=1S/C16H14N2O2/c1-11-4-5-15-13(7-11)8-14(20-15)10-18-6-2-3-12(9-17)16(18)19/h2-7,14H,8,10H2,1H3. The van der Waals surface area contributed by atoms with Crippen molar-refractivity contribution >= 4 is 0 Å². The van der Waals surface area contributed by atoms with Crippen LogP contribution in [0.5, 0.6) is 5.75 Å². The average molecular weight is 266 g/mol. The average Bonchev–Trinajstić information content (AvgIpc) is 2.82. The number of rotatable bonds is 2. The topological polar surface area (TPSA) is 55.0 Å². The van der Waals surface area contributed by atoms with Gasteiger partial charge in [-0.25, -0.2) is 0 Å². The molecule has 1 aromatic heterocycles. The minimum absolute atomic E-state index is 0.0570. The molecule has 4 heteroatoms. The van der Waals surface area contributed by atoms with E-state index in [9.17, 15) is 4.79 Å². The maximum Gasteiger partial charge on any atom is 0.268 e. The first-order valence-electron chi connectivity index (χ1n) is 6.53. The molecule has 0 bridgehead atoms. The zero-order chi connectivity index (χ0) is 14.1. The molecule has 4 nitrogen and oxygen atoms in total. The van der Waals surface area contributed by atoms with Crippen LogP contribution in [-0.4, -0.2) is 10.7 Å². The van der Waals surface area contributed by atoms with E-state index in [2.05, 4.69) is 13.0 Å². The van der Waals surface area contributed by atoms with Gasteiger partial charge < -0.3 is 9.30 Å². The molecule has 1 aliphatic rings. The lowest BCUT2D eigenvalue weighted by Gasteiger charge is -2.12. The minimum Gasteiger partial charge on any atom is -0.488 e. The van der Waals surface area contributed by atoms with Gasteiger partial charge in [0.15, 0.2) is 0 Å². The van der Waals surface area contributed by atoms with E-state index in [1.54, 1.807) is 16.8 Å². The number of fused-ring (bicyclic) bond motifs is 1. The lowest BCUT2D eigenvalue weighted by molar-refractivity contribution is 0.207. The molecule has 0 aliphatic carbocycles. The normalized spacial score (nSPS) is 16.3. The zero-order valence-electron chi connectivity index (χ0n) is 11.2. The highest BCUT2D eigenvalue weighted by molar-refractivity contribution is 5.40. The van der Waals surface area contributed by atoms with E-state index in [0.717, 1.165) is 12.2 Å². The maximum atomic E-state index is 12.0. The Labute approximate surface area is 116 Å². The third-order valence-corrected chi connectivity index (χ3v) is 3.50. The first-order chi connectivity index (χ1) is 9.67. The number of hydrogen-bond donors (Lipinski definition) is 0. The van der Waals surface area contributed by atoms with Gasteiger partial charge in [-0.05, 0) is 30.7 Å². The Kier molecular flexibility index (Phi) is 3.03. The summed E-state index contributed by atoms with van der Waals surface area (Å²) in [7, 11) is 0. The number of nitriles is 1. The molecule has 1 aromatic carbocycles. The van der Waals surface area contributed by atoms with E-state index in [4.69, 9.17) is 10.00 Å². The fourth-order valence-corrected chi connectivity index (χ4v) is 2.54. The third kappa shape index (κ3) is 2.19. The van der Waals surface area contributed by atoms with Crippen LogP contribution in [0.4, 0.5) is 0 Å².